The van der Waals surface area contributed by atoms with Crippen molar-refractivity contribution in [1.82, 2.24) is 30.2 Å². The second kappa shape index (κ2) is 8.23. The van der Waals surface area contributed by atoms with Crippen molar-refractivity contribution in [2.24, 2.45) is 0 Å². The number of hydrogen-bond acceptors (Lipinski definition) is 10. The lowest BCUT2D eigenvalue weighted by Gasteiger charge is -2.35. The number of aromatic nitrogens is 5. The van der Waals surface area contributed by atoms with Crippen LogP contribution < -0.4 is 5.73 Å². The molecule has 0 aromatic carbocycles. The summed E-state index contributed by atoms with van der Waals surface area (Å²) in [4.78, 5) is 14.5. The van der Waals surface area contributed by atoms with Gasteiger partial charge in [-0.2, -0.15) is 4.68 Å². The molecular formula is C15H23N7O4. The summed E-state index contributed by atoms with van der Waals surface area (Å²) in [6.45, 7) is 3.32. The fraction of sp³-hybridized carbons (Fsp3) is 0.667. The molecule has 1 atom stereocenters. The molecule has 11 nitrogen and oxygen atoms in total. The van der Waals surface area contributed by atoms with Gasteiger partial charge in [0.15, 0.2) is 5.69 Å². The maximum atomic E-state index is 12.3. The summed E-state index contributed by atoms with van der Waals surface area (Å²) < 4.78 is 11.1. The monoisotopic (exact) mass is 365 g/mol. The molecule has 0 radical (unpaired) electrons. The zero-order valence-electron chi connectivity index (χ0n) is 14.7. The number of anilines is 1. The van der Waals surface area contributed by atoms with E-state index in [-0.39, 0.29) is 36.6 Å². The Labute approximate surface area is 150 Å². The highest BCUT2D eigenvalue weighted by Crippen LogP contribution is 2.24. The van der Waals surface area contributed by atoms with Gasteiger partial charge in [-0.25, -0.2) is 9.42 Å². The number of rotatable bonds is 7. The van der Waals surface area contributed by atoms with Gasteiger partial charge >= 0.3 is 5.97 Å². The highest BCUT2D eigenvalue weighted by molar-refractivity contribution is 5.88. The smallest absolute Gasteiger partial charge is 0.360 e. The van der Waals surface area contributed by atoms with Gasteiger partial charge in [0.05, 0.1) is 12.3 Å². The van der Waals surface area contributed by atoms with Gasteiger partial charge in [-0.1, -0.05) is 11.6 Å². The standard InChI is InChI=1S/C15H23N7O4/c1-2-25-15(24)12-11(9-21-7-4-3-5-10(21)6-8-23)22(20-17-12)14-13(16)18-26-19-14/h10,23H,2-9H2,1H3,(H2,16,18). The van der Waals surface area contributed by atoms with Gasteiger partial charge in [-0.15, -0.1) is 5.10 Å². The number of aliphatic hydroxyl groups excluding tert-OH is 1. The Hall–Kier alpha value is -2.53. The number of hydrogen-bond donors (Lipinski definition) is 2. The van der Waals surface area contributed by atoms with Crippen molar-refractivity contribution in [3.05, 3.63) is 11.4 Å². The maximum Gasteiger partial charge on any atom is 0.360 e. The van der Waals surface area contributed by atoms with Crippen molar-refractivity contribution in [2.75, 3.05) is 25.5 Å². The number of ether oxygens (including phenoxy) is 1. The van der Waals surface area contributed by atoms with Crippen molar-refractivity contribution in [3.63, 3.8) is 0 Å². The molecule has 3 heterocycles. The molecule has 0 spiro atoms. The van der Waals surface area contributed by atoms with Gasteiger partial charge in [0.1, 0.15) is 0 Å². The molecule has 1 saturated heterocycles. The zero-order chi connectivity index (χ0) is 18.5. The normalized spacial score (nSPS) is 18.2. The maximum absolute atomic E-state index is 12.3. The Morgan fingerprint density at radius 3 is 2.96 bits per heavy atom. The van der Waals surface area contributed by atoms with E-state index in [1.807, 2.05) is 0 Å². The van der Waals surface area contributed by atoms with Gasteiger partial charge < -0.3 is 15.6 Å². The van der Waals surface area contributed by atoms with E-state index in [1.165, 1.54) is 4.68 Å². The van der Waals surface area contributed by atoms with Gasteiger partial charge in [0, 0.05) is 19.2 Å². The summed E-state index contributed by atoms with van der Waals surface area (Å²) in [6.07, 6.45) is 3.82. The molecule has 3 N–H and O–H groups in total. The highest BCUT2D eigenvalue weighted by Gasteiger charge is 2.29. The van der Waals surface area contributed by atoms with Gasteiger partial charge in [0.2, 0.25) is 11.6 Å². The van der Waals surface area contributed by atoms with E-state index in [2.05, 4.69) is 30.2 Å². The van der Waals surface area contributed by atoms with Crippen molar-refractivity contribution < 1.29 is 19.3 Å². The Morgan fingerprint density at radius 2 is 2.27 bits per heavy atom. The van der Waals surface area contributed by atoms with Crippen LogP contribution in [0.4, 0.5) is 5.82 Å². The third kappa shape index (κ3) is 3.68. The third-order valence-electron chi connectivity index (χ3n) is 4.49. The van der Waals surface area contributed by atoms with Crippen LogP contribution in [-0.2, 0) is 11.3 Å². The number of esters is 1. The zero-order valence-corrected chi connectivity index (χ0v) is 14.7. The molecule has 0 aliphatic carbocycles. The minimum atomic E-state index is -0.556. The molecule has 2 aromatic heterocycles. The molecule has 0 saturated carbocycles. The average Bonchev–Trinajstić information content (AvgIpc) is 3.23. The minimum Gasteiger partial charge on any atom is -0.461 e. The minimum absolute atomic E-state index is 0.0529. The molecule has 0 bridgehead atoms. The first-order valence-electron chi connectivity index (χ1n) is 8.70. The number of carbonyl (C=O) groups excluding carboxylic acids is 1. The molecule has 1 aliphatic heterocycles. The summed E-state index contributed by atoms with van der Waals surface area (Å²) in [5, 5.41) is 24.6. The second-order valence-electron chi connectivity index (χ2n) is 6.12. The number of carbonyl (C=O) groups is 1. The summed E-state index contributed by atoms with van der Waals surface area (Å²) in [7, 11) is 0. The average molecular weight is 365 g/mol. The van der Waals surface area contributed by atoms with Crippen LogP contribution in [0.5, 0.6) is 0 Å². The summed E-state index contributed by atoms with van der Waals surface area (Å²) in [5.74, 6) is -0.324. The van der Waals surface area contributed by atoms with Gasteiger partial charge in [0.25, 0.3) is 0 Å². The third-order valence-corrected chi connectivity index (χ3v) is 4.49. The number of nitrogen functional groups attached to an aromatic ring is 1. The molecule has 11 heteroatoms. The summed E-state index contributed by atoms with van der Waals surface area (Å²) in [6, 6.07) is 0.222. The van der Waals surface area contributed by atoms with Crippen LogP contribution in [0.2, 0.25) is 0 Å². The molecule has 0 amide bonds. The fourth-order valence-corrected chi connectivity index (χ4v) is 3.25. The lowest BCUT2D eigenvalue weighted by atomic mass is 9.99. The van der Waals surface area contributed by atoms with Crippen LogP contribution in [0.25, 0.3) is 5.82 Å². The number of piperidine rings is 1. The predicted octanol–water partition coefficient (Wildman–Crippen LogP) is 0.146. The summed E-state index contributed by atoms with van der Waals surface area (Å²) in [5.41, 5.74) is 6.40. The Bertz CT molecular complexity index is 742. The second-order valence-corrected chi connectivity index (χ2v) is 6.12. The molecule has 2 aromatic rings. The lowest BCUT2D eigenvalue weighted by molar-refractivity contribution is 0.0513. The van der Waals surface area contributed by atoms with Crippen LogP contribution in [-0.4, -0.2) is 67.1 Å². The van der Waals surface area contributed by atoms with Crippen molar-refractivity contribution in [2.45, 2.75) is 45.2 Å². The van der Waals surface area contributed by atoms with E-state index in [0.717, 1.165) is 25.8 Å². The number of nitrogens with two attached hydrogens (primary N) is 1. The van der Waals surface area contributed by atoms with Crippen LogP contribution in [0.3, 0.4) is 0 Å². The Kier molecular flexibility index (Phi) is 5.78. The van der Waals surface area contributed by atoms with Crippen molar-refractivity contribution >= 4 is 11.8 Å². The first-order chi connectivity index (χ1) is 12.7. The van der Waals surface area contributed by atoms with E-state index < -0.39 is 5.97 Å². The molecule has 1 aliphatic rings. The van der Waals surface area contributed by atoms with Crippen molar-refractivity contribution in [1.29, 1.82) is 0 Å². The van der Waals surface area contributed by atoms with Crippen LogP contribution in [0.1, 0.15) is 48.8 Å². The van der Waals surface area contributed by atoms with Crippen LogP contribution in [0.15, 0.2) is 4.63 Å². The van der Waals surface area contributed by atoms with E-state index >= 15 is 0 Å². The lowest BCUT2D eigenvalue weighted by Crippen LogP contribution is -2.40. The fourth-order valence-electron chi connectivity index (χ4n) is 3.25. The summed E-state index contributed by atoms with van der Waals surface area (Å²) >= 11 is 0. The Morgan fingerprint density at radius 1 is 1.42 bits per heavy atom. The first kappa shape index (κ1) is 18.3. The van der Waals surface area contributed by atoms with E-state index in [0.29, 0.717) is 18.7 Å². The highest BCUT2D eigenvalue weighted by atomic mass is 16.6. The molecular weight excluding hydrogens is 342 g/mol. The molecule has 142 valence electrons. The quantitative estimate of drug-likeness (QED) is 0.650. The molecule has 1 fully saturated rings. The molecule has 3 rings (SSSR count). The number of likely N-dealkylation sites (tertiary alicyclic amines) is 1. The van der Waals surface area contributed by atoms with E-state index in [1.54, 1.807) is 6.92 Å². The first-order valence-corrected chi connectivity index (χ1v) is 8.70. The number of aliphatic hydroxyl groups is 1. The Balaban J connectivity index is 1.95. The van der Waals surface area contributed by atoms with Crippen LogP contribution >= 0.6 is 0 Å². The number of nitrogens with zero attached hydrogens (tertiary/aromatic N) is 6. The van der Waals surface area contributed by atoms with E-state index in [9.17, 15) is 9.90 Å². The van der Waals surface area contributed by atoms with Gasteiger partial charge in [-0.05, 0) is 43.0 Å². The van der Waals surface area contributed by atoms with E-state index in [4.69, 9.17) is 10.5 Å². The molecule has 26 heavy (non-hydrogen) atoms. The topological polar surface area (TPSA) is 145 Å². The van der Waals surface area contributed by atoms with Crippen LogP contribution in [0, 0.1) is 0 Å². The SMILES string of the molecule is CCOC(=O)c1nnn(-c2nonc2N)c1CN1CCCCC1CCO. The van der Waals surface area contributed by atoms with Gasteiger partial charge in [-0.3, -0.25) is 4.90 Å². The predicted molar refractivity (Wildman–Crippen MR) is 89.3 cm³/mol. The molecule has 1 unspecified atom stereocenters. The van der Waals surface area contributed by atoms with Crippen molar-refractivity contribution in [3.8, 4) is 5.82 Å². The largest absolute Gasteiger partial charge is 0.461 e.